The lowest BCUT2D eigenvalue weighted by Gasteiger charge is -2.28. The van der Waals surface area contributed by atoms with Crippen molar-refractivity contribution in [1.29, 1.82) is 0 Å². The number of aryl methyl sites for hydroxylation is 1. The van der Waals surface area contributed by atoms with E-state index in [1.807, 2.05) is 12.1 Å². The highest BCUT2D eigenvalue weighted by Crippen LogP contribution is 2.29. The summed E-state index contributed by atoms with van der Waals surface area (Å²) >= 11 is 0. The zero-order valence-corrected chi connectivity index (χ0v) is 15.4. The van der Waals surface area contributed by atoms with Crippen LogP contribution in [0.15, 0.2) is 27.4 Å². The molecule has 1 unspecified atom stereocenters. The first kappa shape index (κ1) is 19.2. The Balaban J connectivity index is 0.00000196. The molecule has 0 radical (unpaired) electrons. The fourth-order valence-corrected chi connectivity index (χ4v) is 3.68. The van der Waals surface area contributed by atoms with Crippen molar-refractivity contribution >= 4 is 23.4 Å². The second kappa shape index (κ2) is 8.39. The van der Waals surface area contributed by atoms with E-state index in [1.165, 1.54) is 0 Å². The number of halogens is 1. The molecule has 2 heterocycles. The van der Waals surface area contributed by atoms with Gasteiger partial charge >= 0.3 is 5.63 Å². The molecule has 4 rings (SSSR count). The maximum Gasteiger partial charge on any atom is 0.339 e. The molecule has 26 heavy (non-hydrogen) atoms. The first-order valence-corrected chi connectivity index (χ1v) is 8.90. The lowest BCUT2D eigenvalue weighted by atomic mass is 10.1. The molecular weight excluding hydrogens is 358 g/mol. The SMILES string of the molecule is Cl.O=c1oc2cc(OCC(O)CN3CCOCC3)ccc2c2c1CCC2. The largest absolute Gasteiger partial charge is 0.491 e. The van der Waals surface area contributed by atoms with Gasteiger partial charge in [-0.2, -0.15) is 0 Å². The van der Waals surface area contributed by atoms with E-state index >= 15 is 0 Å². The van der Waals surface area contributed by atoms with Gasteiger partial charge in [0, 0.05) is 36.7 Å². The minimum absolute atomic E-state index is 0. The highest BCUT2D eigenvalue weighted by atomic mass is 35.5. The van der Waals surface area contributed by atoms with Gasteiger partial charge < -0.3 is 19.0 Å². The Bertz CT molecular complexity index is 815. The number of benzene rings is 1. The number of aliphatic hydroxyl groups is 1. The molecule has 1 aliphatic carbocycles. The van der Waals surface area contributed by atoms with E-state index < -0.39 is 6.10 Å². The highest BCUT2D eigenvalue weighted by Gasteiger charge is 2.20. The van der Waals surface area contributed by atoms with Crippen LogP contribution in [0.4, 0.5) is 0 Å². The van der Waals surface area contributed by atoms with Crippen LogP contribution in [-0.4, -0.2) is 55.6 Å². The summed E-state index contributed by atoms with van der Waals surface area (Å²) in [5.74, 6) is 0.606. The van der Waals surface area contributed by atoms with Gasteiger partial charge in [-0.25, -0.2) is 4.79 Å². The van der Waals surface area contributed by atoms with E-state index in [1.54, 1.807) is 6.07 Å². The van der Waals surface area contributed by atoms with Crippen molar-refractivity contribution in [3.05, 3.63) is 39.7 Å². The summed E-state index contributed by atoms with van der Waals surface area (Å²) in [4.78, 5) is 14.2. The molecule has 1 saturated heterocycles. The van der Waals surface area contributed by atoms with Crippen LogP contribution in [0, 0.1) is 0 Å². The molecule has 0 amide bonds. The predicted molar refractivity (Wildman–Crippen MR) is 101 cm³/mol. The fraction of sp³-hybridized carbons (Fsp3) is 0.526. The number of morpholine rings is 1. The van der Waals surface area contributed by atoms with Gasteiger partial charge in [-0.15, -0.1) is 12.4 Å². The lowest BCUT2D eigenvalue weighted by Crippen LogP contribution is -2.42. The van der Waals surface area contributed by atoms with E-state index in [9.17, 15) is 9.90 Å². The molecule has 1 fully saturated rings. The molecule has 1 aliphatic heterocycles. The summed E-state index contributed by atoms with van der Waals surface area (Å²) in [6, 6.07) is 5.57. The van der Waals surface area contributed by atoms with Crippen molar-refractivity contribution in [1.82, 2.24) is 4.90 Å². The maximum absolute atomic E-state index is 12.1. The molecular formula is C19H24ClNO5. The van der Waals surface area contributed by atoms with Gasteiger partial charge in [0.25, 0.3) is 0 Å². The van der Waals surface area contributed by atoms with Crippen molar-refractivity contribution in [3.8, 4) is 5.75 Å². The Morgan fingerprint density at radius 3 is 2.77 bits per heavy atom. The van der Waals surface area contributed by atoms with E-state index in [-0.39, 0.29) is 24.6 Å². The van der Waals surface area contributed by atoms with Crippen LogP contribution >= 0.6 is 12.4 Å². The first-order chi connectivity index (χ1) is 12.2. The van der Waals surface area contributed by atoms with Crippen LogP contribution in [0.3, 0.4) is 0 Å². The molecule has 1 aromatic heterocycles. The molecule has 0 spiro atoms. The van der Waals surface area contributed by atoms with Crippen LogP contribution < -0.4 is 10.4 Å². The van der Waals surface area contributed by atoms with Crippen LogP contribution in [0.25, 0.3) is 11.0 Å². The van der Waals surface area contributed by atoms with Crippen molar-refractivity contribution in [3.63, 3.8) is 0 Å². The standard InChI is InChI=1S/C19H23NO5.ClH/c21-13(11-20-6-8-23-9-7-20)12-24-14-4-5-16-15-2-1-3-17(15)19(22)25-18(16)10-14;/h4-5,10,13,21H,1-3,6-9,11-12H2;1H. The van der Waals surface area contributed by atoms with Crippen LogP contribution in [-0.2, 0) is 17.6 Å². The summed E-state index contributed by atoms with van der Waals surface area (Å²) in [7, 11) is 0. The second-order valence-corrected chi connectivity index (χ2v) is 6.74. The Morgan fingerprint density at radius 1 is 1.19 bits per heavy atom. The Labute approximate surface area is 158 Å². The van der Waals surface area contributed by atoms with Gasteiger partial charge in [0.05, 0.1) is 13.2 Å². The number of aliphatic hydroxyl groups excluding tert-OH is 1. The van der Waals surface area contributed by atoms with Crippen molar-refractivity contribution in [2.45, 2.75) is 25.4 Å². The molecule has 142 valence electrons. The molecule has 2 aliphatic rings. The summed E-state index contributed by atoms with van der Waals surface area (Å²) < 4.78 is 16.5. The highest BCUT2D eigenvalue weighted by molar-refractivity contribution is 5.85. The normalized spacial score (nSPS) is 18.3. The third-order valence-electron chi connectivity index (χ3n) is 4.96. The maximum atomic E-state index is 12.1. The zero-order chi connectivity index (χ0) is 17.2. The summed E-state index contributed by atoms with van der Waals surface area (Å²) in [5, 5.41) is 11.2. The number of ether oxygens (including phenoxy) is 2. The molecule has 0 saturated carbocycles. The predicted octanol–water partition coefficient (Wildman–Crippen LogP) is 1.78. The van der Waals surface area contributed by atoms with Gasteiger partial charge in [0.15, 0.2) is 0 Å². The van der Waals surface area contributed by atoms with E-state index in [0.717, 1.165) is 48.9 Å². The number of fused-ring (bicyclic) bond motifs is 3. The average molecular weight is 382 g/mol. The van der Waals surface area contributed by atoms with Gasteiger partial charge in [-0.1, -0.05) is 0 Å². The Hall–Kier alpha value is -1.60. The molecule has 7 heteroatoms. The zero-order valence-electron chi connectivity index (χ0n) is 14.6. The number of hydrogen-bond acceptors (Lipinski definition) is 6. The summed E-state index contributed by atoms with van der Waals surface area (Å²) in [6.45, 7) is 3.87. The number of hydrogen-bond donors (Lipinski definition) is 1. The van der Waals surface area contributed by atoms with Crippen molar-refractivity contribution in [2.75, 3.05) is 39.5 Å². The quantitative estimate of drug-likeness (QED) is 0.796. The minimum atomic E-state index is -0.569. The fourth-order valence-electron chi connectivity index (χ4n) is 3.68. The van der Waals surface area contributed by atoms with Gasteiger partial charge in [0.2, 0.25) is 0 Å². The Morgan fingerprint density at radius 2 is 1.96 bits per heavy atom. The molecule has 1 atom stereocenters. The molecule has 1 aromatic carbocycles. The second-order valence-electron chi connectivity index (χ2n) is 6.74. The number of rotatable bonds is 5. The van der Waals surface area contributed by atoms with Crippen LogP contribution in [0.1, 0.15) is 17.5 Å². The summed E-state index contributed by atoms with van der Waals surface area (Å²) in [5.41, 5.74) is 2.27. The smallest absolute Gasteiger partial charge is 0.339 e. The number of nitrogens with zero attached hydrogens (tertiary/aromatic N) is 1. The summed E-state index contributed by atoms with van der Waals surface area (Å²) in [6.07, 6.45) is 2.17. The van der Waals surface area contributed by atoms with Crippen LogP contribution in [0.2, 0.25) is 0 Å². The molecule has 1 N–H and O–H groups in total. The monoisotopic (exact) mass is 381 g/mol. The molecule has 0 bridgehead atoms. The third-order valence-corrected chi connectivity index (χ3v) is 4.96. The van der Waals surface area contributed by atoms with Gasteiger partial charge in [-0.05, 0) is 37.0 Å². The minimum Gasteiger partial charge on any atom is -0.491 e. The van der Waals surface area contributed by atoms with Crippen molar-refractivity contribution in [2.24, 2.45) is 0 Å². The van der Waals surface area contributed by atoms with Crippen molar-refractivity contribution < 1.29 is 19.0 Å². The van der Waals surface area contributed by atoms with Gasteiger partial charge in [-0.3, -0.25) is 4.90 Å². The average Bonchev–Trinajstić information content (AvgIpc) is 3.11. The van der Waals surface area contributed by atoms with E-state index in [4.69, 9.17) is 13.9 Å². The molecule has 2 aromatic rings. The third kappa shape index (κ3) is 4.04. The topological polar surface area (TPSA) is 72.1 Å². The van der Waals surface area contributed by atoms with Gasteiger partial charge in [0.1, 0.15) is 24.0 Å². The van der Waals surface area contributed by atoms with E-state index in [2.05, 4.69) is 4.90 Å². The lowest BCUT2D eigenvalue weighted by molar-refractivity contribution is 0.00466. The number of β-amino-alcohol motifs (C(OH)–C–C–N with tert-alkyl or cyclic N) is 1. The van der Waals surface area contributed by atoms with E-state index in [0.29, 0.717) is 31.1 Å². The van der Waals surface area contributed by atoms with Crippen LogP contribution in [0.5, 0.6) is 5.75 Å². The Kier molecular flexibility index (Phi) is 6.19. The first-order valence-electron chi connectivity index (χ1n) is 8.90. The molecule has 6 nitrogen and oxygen atoms in total.